The van der Waals surface area contributed by atoms with Gasteiger partial charge in [-0.15, -0.1) is 10.2 Å². The minimum Gasteiger partial charge on any atom is -0.363 e. The second-order valence-corrected chi connectivity index (χ2v) is 5.51. The van der Waals surface area contributed by atoms with Gasteiger partial charge in [-0.25, -0.2) is 0 Å². The minimum absolute atomic E-state index is 0.0178. The smallest absolute Gasteiger partial charge is 0.363 e. The fourth-order valence-corrected chi connectivity index (χ4v) is 2.20. The zero-order valence-corrected chi connectivity index (χ0v) is 13.9. The van der Waals surface area contributed by atoms with E-state index in [1.54, 1.807) is 18.3 Å². The van der Waals surface area contributed by atoms with Crippen molar-refractivity contribution in [2.75, 3.05) is 10.6 Å². The van der Waals surface area contributed by atoms with E-state index < -0.39 is 17.6 Å². The molecule has 2 N–H and O–H groups in total. The van der Waals surface area contributed by atoms with Gasteiger partial charge in [0.25, 0.3) is 5.91 Å². The molecule has 0 aliphatic carbocycles. The van der Waals surface area contributed by atoms with Crippen LogP contribution in [-0.2, 0) is 12.7 Å². The predicted octanol–water partition coefficient (Wildman–Crippen LogP) is 3.75. The third-order valence-electron chi connectivity index (χ3n) is 3.52. The van der Waals surface area contributed by atoms with E-state index in [4.69, 9.17) is 0 Å². The number of alkyl halides is 3. The summed E-state index contributed by atoms with van der Waals surface area (Å²) >= 11 is 0. The lowest BCUT2D eigenvalue weighted by atomic mass is 10.2. The van der Waals surface area contributed by atoms with Crippen LogP contribution in [0.4, 0.5) is 24.7 Å². The lowest BCUT2D eigenvalue weighted by molar-refractivity contribution is -0.137. The summed E-state index contributed by atoms with van der Waals surface area (Å²) < 4.78 is 38.2. The van der Waals surface area contributed by atoms with Gasteiger partial charge in [0.2, 0.25) is 0 Å². The quantitative estimate of drug-likeness (QED) is 0.712. The van der Waals surface area contributed by atoms with Gasteiger partial charge in [-0.2, -0.15) is 13.2 Å². The molecule has 1 aromatic carbocycles. The summed E-state index contributed by atoms with van der Waals surface area (Å²) in [6.45, 7) is 0.436. The molecule has 0 atom stereocenters. The van der Waals surface area contributed by atoms with Gasteiger partial charge < -0.3 is 10.6 Å². The number of hydrogen-bond donors (Lipinski definition) is 2. The fourth-order valence-electron chi connectivity index (χ4n) is 2.20. The van der Waals surface area contributed by atoms with Crippen molar-refractivity contribution in [3.63, 3.8) is 0 Å². The highest BCUT2D eigenvalue weighted by Gasteiger charge is 2.30. The Morgan fingerprint density at radius 3 is 2.52 bits per heavy atom. The van der Waals surface area contributed by atoms with Crippen molar-refractivity contribution in [3.8, 4) is 0 Å². The summed E-state index contributed by atoms with van der Waals surface area (Å²) in [5.41, 5.74) is -0.0316. The van der Waals surface area contributed by atoms with Gasteiger partial charge in [0.05, 0.1) is 17.8 Å². The molecule has 0 aliphatic rings. The molecule has 0 spiro atoms. The van der Waals surface area contributed by atoms with Crippen LogP contribution in [0.25, 0.3) is 0 Å². The molecule has 6 nitrogen and oxygen atoms in total. The van der Waals surface area contributed by atoms with E-state index in [2.05, 4.69) is 25.8 Å². The van der Waals surface area contributed by atoms with Gasteiger partial charge in [0.1, 0.15) is 5.82 Å². The maximum atomic E-state index is 12.7. The van der Waals surface area contributed by atoms with Gasteiger partial charge in [0.15, 0.2) is 5.69 Å². The van der Waals surface area contributed by atoms with Gasteiger partial charge in [-0.1, -0.05) is 12.1 Å². The molecule has 9 heteroatoms. The van der Waals surface area contributed by atoms with Gasteiger partial charge in [-0.05, 0) is 42.5 Å². The molecule has 0 aliphatic heterocycles. The predicted molar refractivity (Wildman–Crippen MR) is 93.0 cm³/mol. The van der Waals surface area contributed by atoms with E-state index in [-0.39, 0.29) is 11.4 Å². The molecule has 0 saturated heterocycles. The Kier molecular flexibility index (Phi) is 5.30. The summed E-state index contributed by atoms with van der Waals surface area (Å²) in [6.07, 6.45) is -2.81. The number of carbonyl (C=O) groups excluding carboxylic acids is 1. The molecule has 27 heavy (non-hydrogen) atoms. The van der Waals surface area contributed by atoms with E-state index in [1.807, 2.05) is 12.1 Å². The van der Waals surface area contributed by atoms with Crippen molar-refractivity contribution in [3.05, 3.63) is 77.7 Å². The molecule has 0 saturated carbocycles. The Bertz CT molecular complexity index is 914. The van der Waals surface area contributed by atoms with Crippen molar-refractivity contribution >= 4 is 17.4 Å². The average molecular weight is 373 g/mol. The number of pyridine rings is 1. The molecule has 0 fully saturated rings. The number of benzene rings is 1. The maximum absolute atomic E-state index is 12.7. The number of hydrogen-bond acceptors (Lipinski definition) is 5. The van der Waals surface area contributed by atoms with Crippen LogP contribution < -0.4 is 10.6 Å². The summed E-state index contributed by atoms with van der Waals surface area (Å²) in [6, 6.07) is 12.9. The molecule has 3 rings (SSSR count). The van der Waals surface area contributed by atoms with E-state index in [9.17, 15) is 18.0 Å². The fraction of sp³-hybridized carbons (Fsp3) is 0.111. The largest absolute Gasteiger partial charge is 0.416 e. The highest BCUT2D eigenvalue weighted by Crippen LogP contribution is 2.30. The molecular weight excluding hydrogens is 359 g/mol. The molecule has 0 bridgehead atoms. The van der Waals surface area contributed by atoms with Crippen LogP contribution in [0.2, 0.25) is 0 Å². The van der Waals surface area contributed by atoms with Crippen molar-refractivity contribution in [2.45, 2.75) is 12.7 Å². The molecule has 0 unspecified atom stereocenters. The van der Waals surface area contributed by atoms with Crippen LogP contribution in [0.3, 0.4) is 0 Å². The number of amides is 1. The van der Waals surface area contributed by atoms with Gasteiger partial charge >= 0.3 is 6.18 Å². The molecule has 2 aromatic heterocycles. The molecule has 1 amide bonds. The molecule has 138 valence electrons. The Morgan fingerprint density at radius 1 is 1.00 bits per heavy atom. The van der Waals surface area contributed by atoms with Crippen molar-refractivity contribution in [1.29, 1.82) is 0 Å². The first-order valence-electron chi connectivity index (χ1n) is 7.88. The lowest BCUT2D eigenvalue weighted by Gasteiger charge is -2.09. The third-order valence-corrected chi connectivity index (χ3v) is 3.52. The Labute approximate surface area is 152 Å². The minimum atomic E-state index is -4.48. The number of rotatable bonds is 5. The zero-order valence-electron chi connectivity index (χ0n) is 13.9. The van der Waals surface area contributed by atoms with Crippen molar-refractivity contribution in [1.82, 2.24) is 15.2 Å². The number of anilines is 2. The van der Waals surface area contributed by atoms with Crippen LogP contribution in [0.15, 0.2) is 60.8 Å². The first-order valence-corrected chi connectivity index (χ1v) is 7.88. The van der Waals surface area contributed by atoms with Gasteiger partial charge in [0, 0.05) is 11.9 Å². The normalized spacial score (nSPS) is 11.1. The van der Waals surface area contributed by atoms with Crippen molar-refractivity contribution < 1.29 is 18.0 Å². The number of carbonyl (C=O) groups is 1. The number of aromatic nitrogens is 3. The number of halogens is 3. The molecule has 2 heterocycles. The summed E-state index contributed by atoms with van der Waals surface area (Å²) in [5, 5.41) is 13.1. The second-order valence-electron chi connectivity index (χ2n) is 5.51. The van der Waals surface area contributed by atoms with E-state index in [0.29, 0.717) is 12.4 Å². The second kappa shape index (κ2) is 7.81. The summed E-state index contributed by atoms with van der Waals surface area (Å²) in [5.74, 6) is -0.214. The van der Waals surface area contributed by atoms with Gasteiger partial charge in [-0.3, -0.25) is 9.78 Å². The first kappa shape index (κ1) is 18.3. The lowest BCUT2D eigenvalue weighted by Crippen LogP contribution is -2.15. The maximum Gasteiger partial charge on any atom is 0.416 e. The van der Waals surface area contributed by atoms with Crippen molar-refractivity contribution in [2.24, 2.45) is 0 Å². The monoisotopic (exact) mass is 373 g/mol. The highest BCUT2D eigenvalue weighted by molar-refractivity contribution is 6.02. The summed E-state index contributed by atoms with van der Waals surface area (Å²) in [7, 11) is 0. The third kappa shape index (κ3) is 5.00. The average Bonchev–Trinajstić information content (AvgIpc) is 2.67. The zero-order chi connectivity index (χ0) is 19.3. The standard InChI is InChI=1S/C18H14F3N5O/c19-18(20,21)12-4-3-6-13(10-12)24-17(27)15-7-8-16(26-25-15)23-11-14-5-1-2-9-22-14/h1-10H,11H2,(H,23,26)(H,24,27). The number of nitrogens with one attached hydrogen (secondary N) is 2. The van der Waals surface area contributed by atoms with Crippen LogP contribution in [-0.4, -0.2) is 21.1 Å². The van der Waals surface area contributed by atoms with Crippen LogP contribution >= 0.6 is 0 Å². The van der Waals surface area contributed by atoms with E-state index >= 15 is 0 Å². The molecule has 3 aromatic rings. The van der Waals surface area contributed by atoms with E-state index in [1.165, 1.54) is 18.2 Å². The van der Waals surface area contributed by atoms with Crippen LogP contribution in [0, 0.1) is 0 Å². The topological polar surface area (TPSA) is 79.8 Å². The Hall–Kier alpha value is -3.49. The van der Waals surface area contributed by atoms with E-state index in [0.717, 1.165) is 17.8 Å². The summed E-state index contributed by atoms with van der Waals surface area (Å²) in [4.78, 5) is 16.3. The highest BCUT2D eigenvalue weighted by atomic mass is 19.4. The molecule has 0 radical (unpaired) electrons. The van der Waals surface area contributed by atoms with Crippen LogP contribution in [0.5, 0.6) is 0 Å². The number of nitrogens with zero attached hydrogens (tertiary/aromatic N) is 3. The first-order chi connectivity index (χ1) is 12.9. The van der Waals surface area contributed by atoms with Crippen LogP contribution in [0.1, 0.15) is 21.7 Å². The Balaban J connectivity index is 1.62. The molecular formula is C18H14F3N5O. The SMILES string of the molecule is O=C(Nc1cccc(C(F)(F)F)c1)c1ccc(NCc2ccccn2)nn1. The Morgan fingerprint density at radius 2 is 1.85 bits per heavy atom.